The van der Waals surface area contributed by atoms with Crippen molar-refractivity contribution in [3.63, 3.8) is 0 Å². The minimum atomic E-state index is -0.980. The van der Waals surface area contributed by atoms with Crippen molar-refractivity contribution in [1.29, 1.82) is 0 Å². The lowest BCUT2D eigenvalue weighted by Gasteiger charge is -2.43. The average Bonchev–Trinajstić information content (AvgIpc) is 2.86. The van der Waals surface area contributed by atoms with Crippen LogP contribution >= 0.6 is 0 Å². The summed E-state index contributed by atoms with van der Waals surface area (Å²) in [6.07, 6.45) is 4.85. The molecule has 0 saturated carbocycles. The molecule has 0 aromatic rings. The summed E-state index contributed by atoms with van der Waals surface area (Å²) < 4.78 is 0. The van der Waals surface area contributed by atoms with Crippen molar-refractivity contribution in [2.75, 3.05) is 13.1 Å². The Morgan fingerprint density at radius 2 is 1.95 bits per heavy atom. The highest BCUT2D eigenvalue weighted by molar-refractivity contribution is 5.87. The number of hydrogen-bond acceptors (Lipinski definition) is 2. The van der Waals surface area contributed by atoms with E-state index in [1.165, 1.54) is 0 Å². The number of carbonyl (C=O) groups is 2. The Bertz CT molecular complexity index is 412. The van der Waals surface area contributed by atoms with Gasteiger partial charge in [-0.15, -0.1) is 0 Å². The first-order chi connectivity index (χ1) is 9.94. The van der Waals surface area contributed by atoms with E-state index in [1.54, 1.807) is 4.90 Å². The number of urea groups is 1. The first-order valence-corrected chi connectivity index (χ1v) is 8.25. The van der Waals surface area contributed by atoms with Gasteiger partial charge in [-0.25, -0.2) is 9.59 Å². The average molecular weight is 296 g/mol. The number of nitrogens with zero attached hydrogens (tertiary/aromatic N) is 2. The molecule has 120 valence electrons. The summed E-state index contributed by atoms with van der Waals surface area (Å²) >= 11 is 0. The lowest BCUT2D eigenvalue weighted by molar-refractivity contribution is -0.149. The Morgan fingerprint density at radius 1 is 1.24 bits per heavy atom. The molecule has 5 heteroatoms. The first kappa shape index (κ1) is 16.1. The van der Waals surface area contributed by atoms with Gasteiger partial charge in [-0.1, -0.05) is 20.3 Å². The van der Waals surface area contributed by atoms with E-state index in [4.69, 9.17) is 0 Å². The molecule has 2 aliphatic rings. The zero-order valence-electron chi connectivity index (χ0n) is 13.5. The van der Waals surface area contributed by atoms with Crippen LogP contribution in [-0.4, -0.2) is 51.6 Å². The number of piperidine rings is 1. The minimum absolute atomic E-state index is 0.0672. The highest BCUT2D eigenvalue weighted by Crippen LogP contribution is 2.36. The molecule has 2 amide bonds. The van der Waals surface area contributed by atoms with Gasteiger partial charge in [-0.2, -0.15) is 0 Å². The molecule has 0 aliphatic carbocycles. The SMILES string of the molecule is CCCC1(C(=O)O)CCCN1C(=O)N1CCCC(C)C1C. The normalized spacial score (nSPS) is 33.3. The fourth-order valence-electron chi connectivity index (χ4n) is 3.92. The van der Waals surface area contributed by atoms with E-state index in [2.05, 4.69) is 13.8 Å². The van der Waals surface area contributed by atoms with Crippen LogP contribution in [0.1, 0.15) is 59.3 Å². The fourth-order valence-corrected chi connectivity index (χ4v) is 3.92. The number of carbonyl (C=O) groups excluding carboxylic acids is 1. The maximum absolute atomic E-state index is 12.9. The van der Waals surface area contributed by atoms with Gasteiger partial charge in [0.1, 0.15) is 5.54 Å². The number of amides is 2. The molecule has 2 rings (SSSR count). The maximum Gasteiger partial charge on any atom is 0.329 e. The zero-order chi connectivity index (χ0) is 15.6. The molecule has 2 fully saturated rings. The van der Waals surface area contributed by atoms with Crippen molar-refractivity contribution in [3.8, 4) is 0 Å². The predicted octanol–water partition coefficient (Wildman–Crippen LogP) is 2.95. The van der Waals surface area contributed by atoms with Crippen LogP contribution in [0, 0.1) is 5.92 Å². The molecular formula is C16H28N2O3. The molecule has 2 saturated heterocycles. The highest BCUT2D eigenvalue weighted by Gasteiger charge is 2.50. The number of rotatable bonds is 3. The van der Waals surface area contributed by atoms with Crippen LogP contribution < -0.4 is 0 Å². The van der Waals surface area contributed by atoms with Crippen molar-refractivity contribution in [1.82, 2.24) is 9.80 Å². The Morgan fingerprint density at radius 3 is 2.57 bits per heavy atom. The van der Waals surface area contributed by atoms with E-state index in [-0.39, 0.29) is 12.1 Å². The van der Waals surface area contributed by atoms with Crippen molar-refractivity contribution >= 4 is 12.0 Å². The molecule has 0 radical (unpaired) electrons. The maximum atomic E-state index is 12.9. The standard InChI is InChI=1S/C16H28N2O3/c1-4-8-16(14(19)20)9-6-11-18(16)15(21)17-10-5-7-12(2)13(17)3/h12-13H,4-11H2,1-3H3,(H,19,20). The number of carboxylic acid groups (broad SMARTS) is 1. The van der Waals surface area contributed by atoms with Gasteiger partial charge in [0.15, 0.2) is 0 Å². The third-order valence-electron chi connectivity index (χ3n) is 5.40. The molecule has 2 aliphatic heterocycles. The minimum Gasteiger partial charge on any atom is -0.479 e. The van der Waals surface area contributed by atoms with Crippen molar-refractivity contribution < 1.29 is 14.7 Å². The Kier molecular flexibility index (Phi) is 4.79. The van der Waals surface area contributed by atoms with Gasteiger partial charge in [-0.05, 0) is 44.9 Å². The first-order valence-electron chi connectivity index (χ1n) is 8.25. The summed E-state index contributed by atoms with van der Waals surface area (Å²) in [6.45, 7) is 7.56. The van der Waals surface area contributed by atoms with Crippen LogP contribution in [0.5, 0.6) is 0 Å². The van der Waals surface area contributed by atoms with Gasteiger partial charge in [-0.3, -0.25) is 0 Å². The number of likely N-dealkylation sites (tertiary alicyclic amines) is 2. The topological polar surface area (TPSA) is 60.9 Å². The monoisotopic (exact) mass is 296 g/mol. The van der Waals surface area contributed by atoms with Crippen LogP contribution in [-0.2, 0) is 4.79 Å². The van der Waals surface area contributed by atoms with Crippen molar-refractivity contribution in [2.45, 2.75) is 70.9 Å². The van der Waals surface area contributed by atoms with Crippen LogP contribution in [0.4, 0.5) is 4.79 Å². The quantitative estimate of drug-likeness (QED) is 0.871. The largest absolute Gasteiger partial charge is 0.479 e. The van der Waals surface area contributed by atoms with E-state index in [0.717, 1.165) is 32.2 Å². The predicted molar refractivity (Wildman–Crippen MR) is 81.2 cm³/mol. The van der Waals surface area contributed by atoms with Gasteiger partial charge in [0.25, 0.3) is 0 Å². The summed E-state index contributed by atoms with van der Waals surface area (Å²) in [5.74, 6) is -0.358. The van der Waals surface area contributed by atoms with Crippen LogP contribution in [0.25, 0.3) is 0 Å². The van der Waals surface area contributed by atoms with Crippen molar-refractivity contribution in [3.05, 3.63) is 0 Å². The molecule has 0 aromatic carbocycles. The summed E-state index contributed by atoms with van der Waals surface area (Å²) in [5, 5.41) is 9.72. The van der Waals surface area contributed by atoms with E-state index in [1.807, 2.05) is 11.8 Å². The molecule has 1 N–H and O–H groups in total. The second kappa shape index (κ2) is 6.24. The van der Waals surface area contributed by atoms with Crippen molar-refractivity contribution in [2.24, 2.45) is 5.92 Å². The fraction of sp³-hybridized carbons (Fsp3) is 0.875. The molecule has 5 nitrogen and oxygen atoms in total. The third kappa shape index (κ3) is 2.74. The van der Waals surface area contributed by atoms with Crippen LogP contribution in [0.15, 0.2) is 0 Å². The van der Waals surface area contributed by atoms with Gasteiger partial charge in [0.05, 0.1) is 0 Å². The Balaban J connectivity index is 2.22. The second-order valence-electron chi connectivity index (χ2n) is 6.68. The smallest absolute Gasteiger partial charge is 0.329 e. The van der Waals surface area contributed by atoms with Crippen LogP contribution in [0.3, 0.4) is 0 Å². The number of aliphatic carboxylic acids is 1. The molecule has 21 heavy (non-hydrogen) atoms. The Hall–Kier alpha value is -1.26. The van der Waals surface area contributed by atoms with Gasteiger partial charge >= 0.3 is 12.0 Å². The molecule has 2 heterocycles. The second-order valence-corrected chi connectivity index (χ2v) is 6.68. The van der Waals surface area contributed by atoms with E-state index >= 15 is 0 Å². The molecule has 0 bridgehead atoms. The molecule has 3 atom stereocenters. The summed E-state index contributed by atoms with van der Waals surface area (Å²) in [4.78, 5) is 28.3. The molecular weight excluding hydrogens is 268 g/mol. The summed E-state index contributed by atoms with van der Waals surface area (Å²) in [6, 6.07) is 0.127. The van der Waals surface area contributed by atoms with Gasteiger partial charge < -0.3 is 14.9 Å². The summed E-state index contributed by atoms with van der Waals surface area (Å²) in [7, 11) is 0. The van der Waals surface area contributed by atoms with E-state index in [9.17, 15) is 14.7 Å². The molecule has 0 aromatic heterocycles. The molecule has 3 unspecified atom stereocenters. The lowest BCUT2D eigenvalue weighted by Crippen LogP contribution is -2.59. The number of hydrogen-bond donors (Lipinski definition) is 1. The van der Waals surface area contributed by atoms with E-state index in [0.29, 0.717) is 25.3 Å². The number of carboxylic acids is 1. The van der Waals surface area contributed by atoms with Gasteiger partial charge in [0.2, 0.25) is 0 Å². The lowest BCUT2D eigenvalue weighted by atomic mass is 9.90. The third-order valence-corrected chi connectivity index (χ3v) is 5.40. The zero-order valence-corrected chi connectivity index (χ0v) is 13.5. The van der Waals surface area contributed by atoms with Crippen LogP contribution in [0.2, 0.25) is 0 Å². The summed E-state index contributed by atoms with van der Waals surface area (Å²) in [5.41, 5.74) is -0.980. The van der Waals surface area contributed by atoms with E-state index < -0.39 is 11.5 Å². The highest BCUT2D eigenvalue weighted by atomic mass is 16.4. The Labute approximate surface area is 127 Å². The van der Waals surface area contributed by atoms with Gasteiger partial charge in [0, 0.05) is 19.1 Å². The molecule has 0 spiro atoms.